The summed E-state index contributed by atoms with van der Waals surface area (Å²) in [5.74, 6) is 1.96. The molecule has 0 N–H and O–H groups in total. The third kappa shape index (κ3) is 1.81. The third-order valence-electron chi connectivity index (χ3n) is 3.81. The van der Waals surface area contributed by atoms with Gasteiger partial charge in [0.1, 0.15) is 0 Å². The summed E-state index contributed by atoms with van der Waals surface area (Å²) in [5.41, 5.74) is 2.37. The fraction of sp³-hybridized carbons (Fsp3) is 0.333. The molecule has 5 heteroatoms. The fourth-order valence-corrected chi connectivity index (χ4v) is 4.32. The number of aromatic nitrogens is 2. The van der Waals surface area contributed by atoms with Crippen LogP contribution in [0.1, 0.15) is 0 Å². The van der Waals surface area contributed by atoms with Gasteiger partial charge in [-0.25, -0.2) is 9.97 Å². The molecule has 0 aromatic carbocycles. The van der Waals surface area contributed by atoms with Crippen LogP contribution in [0.2, 0.25) is 19.6 Å². The Kier molecular flexibility index (Phi) is 2.83. The van der Waals surface area contributed by atoms with Gasteiger partial charge >= 0.3 is 0 Å². The SMILES string of the molecule is CN1c2ncccc2N(C)c2c([Si](C)(C)C)ccnc21. The van der Waals surface area contributed by atoms with Crippen molar-refractivity contribution in [1.29, 1.82) is 0 Å². The molecule has 104 valence electrons. The summed E-state index contributed by atoms with van der Waals surface area (Å²) in [6.07, 6.45) is 3.75. The summed E-state index contributed by atoms with van der Waals surface area (Å²) in [5, 5.41) is 1.44. The lowest BCUT2D eigenvalue weighted by molar-refractivity contribution is 1.01. The molecule has 20 heavy (non-hydrogen) atoms. The van der Waals surface area contributed by atoms with Crippen molar-refractivity contribution in [2.75, 3.05) is 23.9 Å². The molecule has 0 unspecified atom stereocenters. The van der Waals surface area contributed by atoms with Crippen molar-refractivity contribution in [1.82, 2.24) is 9.97 Å². The summed E-state index contributed by atoms with van der Waals surface area (Å²) >= 11 is 0. The zero-order chi connectivity index (χ0) is 14.5. The van der Waals surface area contributed by atoms with Crippen LogP contribution >= 0.6 is 0 Å². The minimum atomic E-state index is -1.43. The number of rotatable bonds is 1. The molecule has 2 aromatic rings. The van der Waals surface area contributed by atoms with Crippen LogP contribution in [0.5, 0.6) is 0 Å². The lowest BCUT2D eigenvalue weighted by Crippen LogP contribution is -2.43. The molecular formula is C15H20N4Si. The van der Waals surface area contributed by atoms with Crippen LogP contribution in [0, 0.1) is 0 Å². The van der Waals surface area contributed by atoms with E-state index < -0.39 is 8.07 Å². The quantitative estimate of drug-likeness (QED) is 0.754. The summed E-state index contributed by atoms with van der Waals surface area (Å²) in [7, 11) is 2.72. The number of anilines is 4. The molecule has 1 aliphatic rings. The summed E-state index contributed by atoms with van der Waals surface area (Å²) in [4.78, 5) is 13.4. The number of nitrogens with zero attached hydrogens (tertiary/aromatic N) is 4. The molecule has 0 saturated carbocycles. The standard InChI is InChI=1S/C15H20N4Si/c1-18-11-7-6-9-16-14(11)19(2)15-13(18)12(8-10-17-15)20(3,4)5/h6-10H,1-5H3. The minimum absolute atomic E-state index is 0.961. The zero-order valence-corrected chi connectivity index (χ0v) is 13.7. The van der Waals surface area contributed by atoms with E-state index in [1.54, 1.807) is 0 Å². The summed E-state index contributed by atoms with van der Waals surface area (Å²) < 4.78 is 0. The lowest BCUT2D eigenvalue weighted by atomic mass is 10.2. The smallest absolute Gasteiger partial charge is 0.157 e. The van der Waals surface area contributed by atoms with Gasteiger partial charge < -0.3 is 9.80 Å². The van der Waals surface area contributed by atoms with Crippen LogP contribution in [0.25, 0.3) is 0 Å². The molecule has 0 saturated heterocycles. The molecule has 0 spiro atoms. The first kappa shape index (κ1) is 13.1. The van der Waals surface area contributed by atoms with Crippen LogP contribution in [0.4, 0.5) is 23.0 Å². The van der Waals surface area contributed by atoms with Gasteiger partial charge in [0.15, 0.2) is 11.6 Å². The molecule has 0 amide bonds. The molecule has 1 aliphatic heterocycles. The number of hydrogen-bond acceptors (Lipinski definition) is 4. The Hall–Kier alpha value is -1.88. The average molecular weight is 284 g/mol. The molecule has 3 rings (SSSR count). The van der Waals surface area contributed by atoms with Crippen LogP contribution in [-0.4, -0.2) is 32.1 Å². The van der Waals surface area contributed by atoms with Gasteiger partial charge in [0.05, 0.1) is 19.4 Å². The van der Waals surface area contributed by atoms with E-state index in [0.717, 1.165) is 17.3 Å². The maximum Gasteiger partial charge on any atom is 0.157 e. The van der Waals surface area contributed by atoms with E-state index in [0.29, 0.717) is 0 Å². The Morgan fingerprint density at radius 3 is 2.30 bits per heavy atom. The zero-order valence-electron chi connectivity index (χ0n) is 12.7. The molecule has 0 atom stereocenters. The third-order valence-corrected chi connectivity index (χ3v) is 5.83. The van der Waals surface area contributed by atoms with Crippen molar-refractivity contribution in [3.63, 3.8) is 0 Å². The summed E-state index contributed by atoms with van der Waals surface area (Å²) in [6, 6.07) is 6.28. The van der Waals surface area contributed by atoms with Crippen LogP contribution in [0.3, 0.4) is 0 Å². The highest BCUT2D eigenvalue weighted by Crippen LogP contribution is 2.43. The Morgan fingerprint density at radius 2 is 1.60 bits per heavy atom. The van der Waals surface area contributed by atoms with E-state index in [1.165, 1.54) is 10.9 Å². The number of pyridine rings is 2. The van der Waals surface area contributed by atoms with E-state index in [4.69, 9.17) is 0 Å². The van der Waals surface area contributed by atoms with Crippen LogP contribution < -0.4 is 15.0 Å². The second kappa shape index (κ2) is 4.31. The highest BCUT2D eigenvalue weighted by atomic mass is 28.3. The first-order chi connectivity index (χ1) is 9.41. The number of hydrogen-bond donors (Lipinski definition) is 0. The monoisotopic (exact) mass is 284 g/mol. The van der Waals surface area contributed by atoms with E-state index in [1.807, 2.05) is 25.5 Å². The fourth-order valence-electron chi connectivity index (χ4n) is 2.75. The normalized spacial score (nSPS) is 14.1. The van der Waals surface area contributed by atoms with Crippen molar-refractivity contribution in [3.05, 3.63) is 30.6 Å². The second-order valence-electron chi connectivity index (χ2n) is 6.24. The van der Waals surface area contributed by atoms with E-state index in [-0.39, 0.29) is 0 Å². The predicted octanol–water partition coefficient (Wildman–Crippen LogP) is 2.87. The highest BCUT2D eigenvalue weighted by molar-refractivity contribution is 6.90. The van der Waals surface area contributed by atoms with Crippen molar-refractivity contribution in [2.45, 2.75) is 19.6 Å². The Balaban J connectivity index is 2.28. The maximum atomic E-state index is 4.59. The molecular weight excluding hydrogens is 264 g/mol. The predicted molar refractivity (Wildman–Crippen MR) is 87.6 cm³/mol. The van der Waals surface area contributed by atoms with Crippen molar-refractivity contribution in [3.8, 4) is 0 Å². The Labute approximate surface area is 121 Å². The van der Waals surface area contributed by atoms with E-state index in [2.05, 4.69) is 58.6 Å². The van der Waals surface area contributed by atoms with Gasteiger partial charge in [-0.1, -0.05) is 19.6 Å². The van der Waals surface area contributed by atoms with Crippen LogP contribution in [-0.2, 0) is 0 Å². The molecule has 0 aliphatic carbocycles. The van der Waals surface area contributed by atoms with E-state index in [9.17, 15) is 0 Å². The van der Waals surface area contributed by atoms with Crippen LogP contribution in [0.15, 0.2) is 30.6 Å². The van der Waals surface area contributed by atoms with E-state index >= 15 is 0 Å². The largest absolute Gasteiger partial charge is 0.339 e. The second-order valence-corrected chi connectivity index (χ2v) is 11.3. The first-order valence-corrected chi connectivity index (χ1v) is 10.3. The summed E-state index contributed by atoms with van der Waals surface area (Å²) in [6.45, 7) is 7.11. The van der Waals surface area contributed by atoms with Crippen molar-refractivity contribution < 1.29 is 0 Å². The molecule has 4 nitrogen and oxygen atoms in total. The average Bonchev–Trinajstić information content (AvgIpc) is 2.43. The van der Waals surface area contributed by atoms with Gasteiger partial charge in [-0.05, 0) is 23.4 Å². The minimum Gasteiger partial charge on any atom is -0.339 e. The topological polar surface area (TPSA) is 32.3 Å². The molecule has 0 fully saturated rings. The first-order valence-electron chi connectivity index (χ1n) is 6.83. The number of fused-ring (bicyclic) bond motifs is 2. The lowest BCUT2D eigenvalue weighted by Gasteiger charge is -2.37. The van der Waals surface area contributed by atoms with Gasteiger partial charge in [0.25, 0.3) is 0 Å². The Bertz CT molecular complexity index is 663. The van der Waals surface area contributed by atoms with Gasteiger partial charge in [0, 0.05) is 26.5 Å². The maximum absolute atomic E-state index is 4.59. The van der Waals surface area contributed by atoms with Crippen molar-refractivity contribution >= 4 is 36.3 Å². The van der Waals surface area contributed by atoms with Gasteiger partial charge in [-0.2, -0.15) is 0 Å². The van der Waals surface area contributed by atoms with Gasteiger partial charge in [-0.15, -0.1) is 0 Å². The molecule has 0 radical (unpaired) electrons. The molecule has 0 bridgehead atoms. The Morgan fingerprint density at radius 1 is 0.900 bits per heavy atom. The molecule has 2 aromatic heterocycles. The molecule has 3 heterocycles. The van der Waals surface area contributed by atoms with Gasteiger partial charge in [0.2, 0.25) is 0 Å². The highest BCUT2D eigenvalue weighted by Gasteiger charge is 2.32. The van der Waals surface area contributed by atoms with Crippen molar-refractivity contribution in [2.24, 2.45) is 0 Å². The van der Waals surface area contributed by atoms with Gasteiger partial charge in [-0.3, -0.25) is 0 Å².